The zero-order valence-corrected chi connectivity index (χ0v) is 13.2. The van der Waals surface area contributed by atoms with E-state index in [9.17, 15) is 4.79 Å². The van der Waals surface area contributed by atoms with Crippen LogP contribution in [-0.2, 0) is 7.05 Å². The molecule has 1 fully saturated rings. The van der Waals surface area contributed by atoms with Crippen LogP contribution in [0, 0.1) is 13.8 Å². The highest BCUT2D eigenvalue weighted by Crippen LogP contribution is 2.31. The van der Waals surface area contributed by atoms with Gasteiger partial charge in [-0.2, -0.15) is 0 Å². The Balaban J connectivity index is 1.78. The van der Waals surface area contributed by atoms with Crippen LogP contribution in [0.5, 0.6) is 0 Å². The Morgan fingerprint density at radius 1 is 1.36 bits per heavy atom. The van der Waals surface area contributed by atoms with E-state index in [1.54, 1.807) is 6.33 Å². The van der Waals surface area contributed by atoms with Crippen LogP contribution in [0.25, 0.3) is 0 Å². The summed E-state index contributed by atoms with van der Waals surface area (Å²) in [6, 6.07) is 5.96. The van der Waals surface area contributed by atoms with Crippen LogP contribution in [-0.4, -0.2) is 32.2 Å². The Morgan fingerprint density at radius 2 is 2.18 bits per heavy atom. The largest absolute Gasteiger partial charge is 0.322 e. The van der Waals surface area contributed by atoms with Gasteiger partial charge in [-0.3, -0.25) is 0 Å². The van der Waals surface area contributed by atoms with Gasteiger partial charge in [-0.05, 0) is 38.3 Å². The molecule has 1 aliphatic rings. The molecule has 1 aromatic heterocycles. The molecule has 3 rings (SSSR count). The third-order valence-corrected chi connectivity index (χ3v) is 4.18. The summed E-state index contributed by atoms with van der Waals surface area (Å²) < 4.78 is 1.88. The standard InChI is InChI=1S/C16H21N5O/c1-11-6-7-13(12(2)9-11)18-16(22)21-8-4-5-14(21)15-19-17-10-20(15)3/h6-7,9-10,14H,4-5,8H2,1-3H3,(H,18,22). The van der Waals surface area contributed by atoms with E-state index in [0.717, 1.165) is 36.5 Å². The molecular formula is C16H21N5O. The zero-order valence-electron chi connectivity index (χ0n) is 13.2. The molecule has 2 aromatic rings. The number of rotatable bonds is 2. The number of benzene rings is 1. The molecule has 2 heterocycles. The summed E-state index contributed by atoms with van der Waals surface area (Å²) in [6.45, 7) is 4.80. The van der Waals surface area contributed by atoms with Crippen molar-refractivity contribution >= 4 is 11.7 Å². The Morgan fingerprint density at radius 3 is 2.86 bits per heavy atom. The number of nitrogens with zero attached hydrogens (tertiary/aromatic N) is 4. The van der Waals surface area contributed by atoms with E-state index in [0.29, 0.717) is 0 Å². The Kier molecular flexibility index (Phi) is 3.83. The molecule has 0 aliphatic carbocycles. The number of carbonyl (C=O) groups is 1. The first-order valence-corrected chi connectivity index (χ1v) is 7.55. The van der Waals surface area contributed by atoms with Gasteiger partial charge in [-0.25, -0.2) is 4.79 Å². The van der Waals surface area contributed by atoms with Gasteiger partial charge in [0, 0.05) is 19.3 Å². The molecule has 0 spiro atoms. The van der Waals surface area contributed by atoms with Gasteiger partial charge in [0.05, 0.1) is 6.04 Å². The van der Waals surface area contributed by atoms with Gasteiger partial charge < -0.3 is 14.8 Å². The van der Waals surface area contributed by atoms with Crippen molar-refractivity contribution in [3.63, 3.8) is 0 Å². The van der Waals surface area contributed by atoms with E-state index in [4.69, 9.17) is 0 Å². The SMILES string of the molecule is Cc1ccc(NC(=O)N2CCCC2c2nncn2C)c(C)c1. The molecule has 6 nitrogen and oxygen atoms in total. The number of aromatic nitrogens is 3. The number of aryl methyl sites for hydroxylation is 3. The van der Waals surface area contributed by atoms with Crippen LogP contribution in [0.15, 0.2) is 24.5 Å². The molecule has 22 heavy (non-hydrogen) atoms. The zero-order chi connectivity index (χ0) is 15.7. The smallest absolute Gasteiger partial charge is 0.319 e. The molecule has 1 aromatic carbocycles. The van der Waals surface area contributed by atoms with Gasteiger partial charge >= 0.3 is 6.03 Å². The third kappa shape index (κ3) is 2.68. The van der Waals surface area contributed by atoms with E-state index < -0.39 is 0 Å². The molecule has 0 bridgehead atoms. The minimum absolute atomic E-state index is 0.00162. The van der Waals surface area contributed by atoms with Gasteiger partial charge in [0.2, 0.25) is 0 Å². The number of carbonyl (C=O) groups excluding carboxylic acids is 1. The lowest BCUT2D eigenvalue weighted by Gasteiger charge is -2.24. The van der Waals surface area contributed by atoms with Crippen LogP contribution >= 0.6 is 0 Å². The summed E-state index contributed by atoms with van der Waals surface area (Å²) in [5.41, 5.74) is 3.12. The van der Waals surface area contributed by atoms with Crippen molar-refractivity contribution in [2.75, 3.05) is 11.9 Å². The molecule has 1 saturated heterocycles. The van der Waals surface area contributed by atoms with Crippen molar-refractivity contribution in [1.29, 1.82) is 0 Å². The molecule has 6 heteroatoms. The van der Waals surface area contributed by atoms with Crippen molar-refractivity contribution < 1.29 is 4.79 Å². The molecule has 1 N–H and O–H groups in total. The number of anilines is 1. The molecule has 0 radical (unpaired) electrons. The number of likely N-dealkylation sites (tertiary alicyclic amines) is 1. The van der Waals surface area contributed by atoms with Crippen molar-refractivity contribution in [3.05, 3.63) is 41.5 Å². The molecule has 116 valence electrons. The summed E-state index contributed by atoms with van der Waals surface area (Å²) in [4.78, 5) is 14.5. The highest BCUT2D eigenvalue weighted by atomic mass is 16.2. The maximum absolute atomic E-state index is 12.6. The molecular weight excluding hydrogens is 278 g/mol. The topological polar surface area (TPSA) is 63.1 Å². The minimum Gasteiger partial charge on any atom is -0.319 e. The second-order valence-corrected chi connectivity index (χ2v) is 5.90. The van der Waals surface area contributed by atoms with E-state index in [1.165, 1.54) is 5.56 Å². The molecule has 0 saturated carbocycles. The third-order valence-electron chi connectivity index (χ3n) is 4.18. The van der Waals surface area contributed by atoms with Crippen LogP contribution in [0.1, 0.15) is 35.8 Å². The van der Waals surface area contributed by atoms with E-state index in [1.807, 2.05) is 42.5 Å². The fourth-order valence-electron chi connectivity index (χ4n) is 3.01. The van der Waals surface area contributed by atoms with Gasteiger partial charge in [-0.1, -0.05) is 17.7 Å². The Hall–Kier alpha value is -2.37. The number of hydrogen-bond donors (Lipinski definition) is 1. The highest BCUT2D eigenvalue weighted by molar-refractivity contribution is 5.90. The van der Waals surface area contributed by atoms with Crippen LogP contribution in [0.3, 0.4) is 0 Å². The lowest BCUT2D eigenvalue weighted by molar-refractivity contribution is 0.204. The maximum atomic E-state index is 12.6. The van der Waals surface area contributed by atoms with Crippen molar-refractivity contribution in [1.82, 2.24) is 19.7 Å². The first kappa shape index (κ1) is 14.6. The second-order valence-electron chi connectivity index (χ2n) is 5.90. The lowest BCUT2D eigenvalue weighted by Crippen LogP contribution is -2.35. The van der Waals surface area contributed by atoms with Crippen molar-refractivity contribution in [3.8, 4) is 0 Å². The summed E-state index contributed by atoms with van der Waals surface area (Å²) in [5.74, 6) is 0.841. The molecule has 2 amide bonds. The highest BCUT2D eigenvalue weighted by Gasteiger charge is 2.33. The molecule has 1 unspecified atom stereocenters. The monoisotopic (exact) mass is 299 g/mol. The molecule has 1 atom stereocenters. The normalized spacial score (nSPS) is 17.8. The van der Waals surface area contributed by atoms with Gasteiger partial charge in [0.15, 0.2) is 5.82 Å². The quantitative estimate of drug-likeness (QED) is 0.927. The summed E-state index contributed by atoms with van der Waals surface area (Å²) >= 11 is 0. The Bertz CT molecular complexity index is 694. The fraction of sp³-hybridized carbons (Fsp3) is 0.438. The maximum Gasteiger partial charge on any atom is 0.322 e. The number of urea groups is 1. The predicted octanol–water partition coefficient (Wildman–Crippen LogP) is 2.80. The van der Waals surface area contributed by atoms with E-state index >= 15 is 0 Å². The van der Waals surface area contributed by atoms with Crippen molar-refractivity contribution in [2.45, 2.75) is 32.7 Å². The number of amides is 2. The number of nitrogens with one attached hydrogen (secondary N) is 1. The predicted molar refractivity (Wildman–Crippen MR) is 84.6 cm³/mol. The van der Waals surface area contributed by atoms with Crippen LogP contribution < -0.4 is 5.32 Å². The second kappa shape index (κ2) is 5.79. The number of hydrogen-bond acceptors (Lipinski definition) is 3. The van der Waals surface area contributed by atoms with Gasteiger partial charge in [0.25, 0.3) is 0 Å². The first-order chi connectivity index (χ1) is 10.6. The summed E-state index contributed by atoms with van der Waals surface area (Å²) in [7, 11) is 1.91. The van der Waals surface area contributed by atoms with Crippen molar-refractivity contribution in [2.24, 2.45) is 7.05 Å². The average Bonchev–Trinajstić information content (AvgIpc) is 3.09. The van der Waals surface area contributed by atoms with Crippen LogP contribution in [0.4, 0.5) is 10.5 Å². The van der Waals surface area contributed by atoms with Gasteiger partial charge in [0.1, 0.15) is 6.33 Å². The van der Waals surface area contributed by atoms with Gasteiger partial charge in [-0.15, -0.1) is 10.2 Å². The fourth-order valence-corrected chi connectivity index (χ4v) is 3.01. The minimum atomic E-state index is -0.0718. The lowest BCUT2D eigenvalue weighted by atomic mass is 10.1. The average molecular weight is 299 g/mol. The molecule has 1 aliphatic heterocycles. The Labute approximate surface area is 130 Å². The first-order valence-electron chi connectivity index (χ1n) is 7.55. The summed E-state index contributed by atoms with van der Waals surface area (Å²) in [5, 5.41) is 11.1. The van der Waals surface area contributed by atoms with E-state index in [-0.39, 0.29) is 12.1 Å². The summed E-state index contributed by atoms with van der Waals surface area (Å²) in [6.07, 6.45) is 3.58. The van der Waals surface area contributed by atoms with Crippen LogP contribution in [0.2, 0.25) is 0 Å². The van der Waals surface area contributed by atoms with E-state index in [2.05, 4.69) is 21.6 Å².